The molecule has 2 nitrogen and oxygen atoms in total. The molecule has 0 aliphatic rings. The highest BCUT2D eigenvalue weighted by Crippen LogP contribution is 2.24. The SMILES string of the molecule is C/C(O)=C(\C)c1cc(C(C)(C)C)cc[n+]1C. The summed E-state index contributed by atoms with van der Waals surface area (Å²) in [5.41, 5.74) is 3.40. The van der Waals surface area contributed by atoms with Crippen molar-refractivity contribution in [1.29, 1.82) is 0 Å². The van der Waals surface area contributed by atoms with E-state index in [0.29, 0.717) is 5.76 Å². The van der Waals surface area contributed by atoms with Crippen LogP contribution in [0.25, 0.3) is 5.57 Å². The van der Waals surface area contributed by atoms with Crippen molar-refractivity contribution < 1.29 is 9.67 Å². The summed E-state index contributed by atoms with van der Waals surface area (Å²) in [4.78, 5) is 0. The quantitative estimate of drug-likeness (QED) is 0.570. The van der Waals surface area contributed by atoms with Crippen molar-refractivity contribution in [2.75, 3.05) is 0 Å². The Labute approximate surface area is 98.3 Å². The van der Waals surface area contributed by atoms with Crippen LogP contribution in [0.5, 0.6) is 0 Å². The van der Waals surface area contributed by atoms with E-state index < -0.39 is 0 Å². The topological polar surface area (TPSA) is 24.1 Å². The second-order valence-corrected chi connectivity index (χ2v) is 5.37. The summed E-state index contributed by atoms with van der Waals surface area (Å²) < 4.78 is 2.03. The first-order valence-corrected chi connectivity index (χ1v) is 5.60. The van der Waals surface area contributed by atoms with E-state index in [1.165, 1.54) is 5.56 Å². The molecule has 1 N–H and O–H groups in total. The minimum atomic E-state index is 0.132. The number of pyridine rings is 1. The van der Waals surface area contributed by atoms with Gasteiger partial charge in [-0.3, -0.25) is 0 Å². The molecule has 1 aromatic rings. The van der Waals surface area contributed by atoms with Crippen LogP contribution in [0.2, 0.25) is 0 Å². The predicted molar refractivity (Wildman–Crippen MR) is 67.2 cm³/mol. The second kappa shape index (κ2) is 4.28. The Morgan fingerprint density at radius 3 is 2.25 bits per heavy atom. The molecule has 0 amide bonds. The van der Waals surface area contributed by atoms with Gasteiger partial charge < -0.3 is 5.11 Å². The van der Waals surface area contributed by atoms with Crippen molar-refractivity contribution in [2.45, 2.75) is 40.0 Å². The van der Waals surface area contributed by atoms with Gasteiger partial charge >= 0.3 is 0 Å². The van der Waals surface area contributed by atoms with Crippen LogP contribution in [0.3, 0.4) is 0 Å². The van der Waals surface area contributed by atoms with Crippen LogP contribution in [-0.2, 0) is 12.5 Å². The van der Waals surface area contributed by atoms with E-state index in [1.54, 1.807) is 6.92 Å². The number of aryl methyl sites for hydroxylation is 1. The van der Waals surface area contributed by atoms with Crippen molar-refractivity contribution >= 4 is 5.57 Å². The largest absolute Gasteiger partial charge is 0.512 e. The Hall–Kier alpha value is -1.31. The maximum absolute atomic E-state index is 9.56. The molecule has 1 heterocycles. The van der Waals surface area contributed by atoms with E-state index in [9.17, 15) is 5.11 Å². The molecule has 0 atom stereocenters. The van der Waals surface area contributed by atoms with E-state index in [1.807, 2.05) is 24.7 Å². The Morgan fingerprint density at radius 1 is 1.25 bits per heavy atom. The first-order valence-electron chi connectivity index (χ1n) is 5.60. The molecule has 0 saturated heterocycles. The lowest BCUT2D eigenvalue weighted by atomic mass is 9.87. The minimum absolute atomic E-state index is 0.132. The maximum Gasteiger partial charge on any atom is 0.211 e. The van der Waals surface area contributed by atoms with Gasteiger partial charge in [-0.05, 0) is 24.8 Å². The smallest absolute Gasteiger partial charge is 0.211 e. The van der Waals surface area contributed by atoms with Gasteiger partial charge in [0.25, 0.3) is 0 Å². The Morgan fingerprint density at radius 2 is 1.81 bits per heavy atom. The molecular formula is C14H22NO+. The average Bonchev–Trinajstić information content (AvgIpc) is 2.15. The van der Waals surface area contributed by atoms with Crippen LogP contribution in [0.15, 0.2) is 24.1 Å². The number of aromatic nitrogens is 1. The summed E-state index contributed by atoms with van der Waals surface area (Å²) in [6.07, 6.45) is 2.04. The molecule has 0 saturated carbocycles. The molecule has 0 fully saturated rings. The van der Waals surface area contributed by atoms with Gasteiger partial charge in [0.15, 0.2) is 6.20 Å². The second-order valence-electron chi connectivity index (χ2n) is 5.37. The third-order valence-corrected chi connectivity index (χ3v) is 2.94. The fraction of sp³-hybridized carbons (Fsp3) is 0.500. The highest BCUT2D eigenvalue weighted by Gasteiger charge is 2.19. The molecule has 16 heavy (non-hydrogen) atoms. The van der Waals surface area contributed by atoms with Crippen LogP contribution in [-0.4, -0.2) is 5.11 Å². The molecule has 0 unspecified atom stereocenters. The molecule has 0 radical (unpaired) electrons. The molecule has 0 aromatic carbocycles. The van der Waals surface area contributed by atoms with Crippen molar-refractivity contribution in [2.24, 2.45) is 7.05 Å². The fourth-order valence-electron chi connectivity index (χ4n) is 1.59. The summed E-state index contributed by atoms with van der Waals surface area (Å²) in [6, 6.07) is 4.28. The van der Waals surface area contributed by atoms with Crippen molar-refractivity contribution in [3.8, 4) is 0 Å². The molecule has 2 heteroatoms. The average molecular weight is 220 g/mol. The lowest BCUT2D eigenvalue weighted by molar-refractivity contribution is -0.674. The summed E-state index contributed by atoms with van der Waals surface area (Å²) >= 11 is 0. The van der Waals surface area contributed by atoms with Gasteiger partial charge in [0, 0.05) is 12.1 Å². The molecule has 0 aliphatic heterocycles. The highest BCUT2D eigenvalue weighted by molar-refractivity contribution is 5.60. The monoisotopic (exact) mass is 220 g/mol. The number of hydrogen-bond acceptors (Lipinski definition) is 1. The first-order chi connectivity index (χ1) is 7.23. The van der Waals surface area contributed by atoms with Crippen molar-refractivity contribution in [3.05, 3.63) is 35.3 Å². The lowest BCUT2D eigenvalue weighted by Crippen LogP contribution is -2.33. The zero-order chi connectivity index (χ0) is 12.5. The number of nitrogens with zero attached hydrogens (tertiary/aromatic N) is 1. The van der Waals surface area contributed by atoms with Gasteiger partial charge in [0.05, 0.1) is 11.3 Å². The zero-order valence-electron chi connectivity index (χ0n) is 11.1. The normalized spacial score (nSPS) is 13.6. The van der Waals surface area contributed by atoms with Crippen LogP contribution in [0, 0.1) is 0 Å². The van der Waals surface area contributed by atoms with Gasteiger partial charge in [-0.25, -0.2) is 4.57 Å². The van der Waals surface area contributed by atoms with E-state index in [0.717, 1.165) is 11.3 Å². The zero-order valence-corrected chi connectivity index (χ0v) is 11.1. The molecule has 1 aromatic heterocycles. The van der Waals surface area contributed by atoms with E-state index in [4.69, 9.17) is 0 Å². The Balaban J connectivity index is 3.36. The molecule has 1 rings (SSSR count). The van der Waals surface area contributed by atoms with Gasteiger partial charge in [0.1, 0.15) is 7.05 Å². The molecule has 0 aliphatic carbocycles. The van der Waals surface area contributed by atoms with Crippen LogP contribution < -0.4 is 4.57 Å². The number of aliphatic hydroxyl groups is 1. The summed E-state index contributed by atoms with van der Waals surface area (Å²) in [5, 5.41) is 9.56. The number of aliphatic hydroxyl groups excluding tert-OH is 1. The fourth-order valence-corrected chi connectivity index (χ4v) is 1.59. The van der Waals surface area contributed by atoms with E-state index >= 15 is 0 Å². The molecule has 88 valence electrons. The lowest BCUT2D eigenvalue weighted by Gasteiger charge is -2.18. The summed E-state index contributed by atoms with van der Waals surface area (Å²) in [5.74, 6) is 0.377. The number of rotatable bonds is 1. The van der Waals surface area contributed by atoms with Gasteiger partial charge in [-0.15, -0.1) is 0 Å². The van der Waals surface area contributed by atoms with Gasteiger partial charge in [-0.1, -0.05) is 20.8 Å². The van der Waals surface area contributed by atoms with Crippen LogP contribution >= 0.6 is 0 Å². The van der Waals surface area contributed by atoms with Crippen molar-refractivity contribution in [1.82, 2.24) is 0 Å². The van der Waals surface area contributed by atoms with Crippen molar-refractivity contribution in [3.63, 3.8) is 0 Å². The van der Waals surface area contributed by atoms with Gasteiger partial charge in [-0.2, -0.15) is 0 Å². The highest BCUT2D eigenvalue weighted by atomic mass is 16.3. The van der Waals surface area contributed by atoms with Crippen LogP contribution in [0.4, 0.5) is 0 Å². The Bertz CT molecular complexity index is 421. The van der Waals surface area contributed by atoms with E-state index in [2.05, 4.69) is 32.9 Å². The summed E-state index contributed by atoms with van der Waals surface area (Å²) in [7, 11) is 1.99. The molecular weight excluding hydrogens is 198 g/mol. The van der Waals surface area contributed by atoms with Crippen LogP contribution in [0.1, 0.15) is 45.9 Å². The standard InChI is InChI=1S/C14H21NO/c1-10(11(2)16)13-9-12(14(3,4)5)7-8-15(13)6/h7-9H,1-6H3/p+1. The minimum Gasteiger partial charge on any atom is -0.512 e. The molecule has 0 spiro atoms. The first kappa shape index (κ1) is 12.8. The predicted octanol–water partition coefficient (Wildman–Crippen LogP) is 3.12. The van der Waals surface area contributed by atoms with Gasteiger partial charge in [0.2, 0.25) is 5.69 Å². The third-order valence-electron chi connectivity index (χ3n) is 2.94. The molecule has 0 bridgehead atoms. The third kappa shape index (κ3) is 2.63. The Kier molecular flexibility index (Phi) is 3.41. The maximum atomic E-state index is 9.56. The number of hydrogen-bond donors (Lipinski definition) is 1. The number of allylic oxidation sites excluding steroid dienone is 2. The van der Waals surface area contributed by atoms with E-state index in [-0.39, 0.29) is 5.41 Å². The summed E-state index contributed by atoms with van der Waals surface area (Å²) in [6.45, 7) is 10.2.